The molecule has 2 atom stereocenters. The summed E-state index contributed by atoms with van der Waals surface area (Å²) in [5.74, 6) is 0.790. The Kier molecular flexibility index (Phi) is 3.59. The SMILES string of the molecule is C[C@]1(c2ccccc2)O[C@H](COC(N)=O)CS1. The van der Waals surface area contributed by atoms with E-state index in [0.717, 1.165) is 11.3 Å². The summed E-state index contributed by atoms with van der Waals surface area (Å²) in [7, 11) is 0. The van der Waals surface area contributed by atoms with E-state index < -0.39 is 6.09 Å². The Morgan fingerprint density at radius 2 is 2.29 bits per heavy atom. The topological polar surface area (TPSA) is 61.6 Å². The van der Waals surface area contributed by atoms with Crippen molar-refractivity contribution in [3.8, 4) is 0 Å². The largest absolute Gasteiger partial charge is 0.447 e. The van der Waals surface area contributed by atoms with Gasteiger partial charge in [-0.05, 0) is 12.5 Å². The number of carbonyl (C=O) groups excluding carboxylic acids is 1. The maximum atomic E-state index is 10.5. The highest BCUT2D eigenvalue weighted by Crippen LogP contribution is 2.44. The molecule has 1 fully saturated rings. The third-order valence-corrected chi connectivity index (χ3v) is 4.07. The van der Waals surface area contributed by atoms with Crippen molar-refractivity contribution in [2.45, 2.75) is 18.0 Å². The Balaban J connectivity index is 1.99. The molecule has 5 heteroatoms. The van der Waals surface area contributed by atoms with Gasteiger partial charge in [-0.1, -0.05) is 30.3 Å². The first-order valence-electron chi connectivity index (χ1n) is 5.40. The molecule has 1 heterocycles. The smallest absolute Gasteiger partial charge is 0.404 e. The molecule has 0 unspecified atom stereocenters. The first kappa shape index (κ1) is 12.3. The maximum absolute atomic E-state index is 10.5. The molecule has 2 N–H and O–H groups in total. The van der Waals surface area contributed by atoms with E-state index in [1.165, 1.54) is 0 Å². The molecule has 2 rings (SSSR count). The molecule has 0 aromatic heterocycles. The van der Waals surface area contributed by atoms with E-state index in [1.54, 1.807) is 11.8 Å². The molecule has 4 nitrogen and oxygen atoms in total. The summed E-state index contributed by atoms with van der Waals surface area (Å²) in [4.78, 5) is 10.2. The van der Waals surface area contributed by atoms with Crippen molar-refractivity contribution < 1.29 is 14.3 Å². The summed E-state index contributed by atoms with van der Waals surface area (Å²) < 4.78 is 10.7. The van der Waals surface area contributed by atoms with Crippen molar-refractivity contribution in [2.75, 3.05) is 12.4 Å². The molecule has 1 aromatic rings. The predicted molar refractivity (Wildman–Crippen MR) is 66.7 cm³/mol. The first-order chi connectivity index (χ1) is 8.10. The van der Waals surface area contributed by atoms with Crippen LogP contribution < -0.4 is 5.73 Å². The quantitative estimate of drug-likeness (QED) is 0.896. The fraction of sp³-hybridized carbons (Fsp3) is 0.417. The van der Waals surface area contributed by atoms with Crippen LogP contribution in [0, 0.1) is 0 Å². The van der Waals surface area contributed by atoms with Gasteiger partial charge in [0.05, 0.1) is 0 Å². The second-order valence-electron chi connectivity index (χ2n) is 3.99. The molecule has 0 radical (unpaired) electrons. The molecule has 17 heavy (non-hydrogen) atoms. The lowest BCUT2D eigenvalue weighted by molar-refractivity contribution is -0.0278. The summed E-state index contributed by atoms with van der Waals surface area (Å²) in [5, 5.41) is 0. The zero-order valence-corrected chi connectivity index (χ0v) is 10.4. The van der Waals surface area contributed by atoms with E-state index in [2.05, 4.69) is 0 Å². The number of thioether (sulfide) groups is 1. The Hall–Kier alpha value is -1.20. The molecule has 1 saturated heterocycles. The first-order valence-corrected chi connectivity index (χ1v) is 6.38. The van der Waals surface area contributed by atoms with Gasteiger partial charge in [0.1, 0.15) is 17.6 Å². The fourth-order valence-electron chi connectivity index (χ4n) is 1.79. The summed E-state index contributed by atoms with van der Waals surface area (Å²) in [6.45, 7) is 2.24. The van der Waals surface area contributed by atoms with Crippen LogP contribution in [0.4, 0.5) is 4.79 Å². The number of carbonyl (C=O) groups is 1. The second kappa shape index (κ2) is 4.98. The number of hydrogen-bond acceptors (Lipinski definition) is 4. The molecule has 1 aliphatic rings. The highest BCUT2D eigenvalue weighted by atomic mass is 32.2. The van der Waals surface area contributed by atoms with Crippen LogP contribution in [0.15, 0.2) is 30.3 Å². The summed E-state index contributed by atoms with van der Waals surface area (Å²) >= 11 is 1.70. The minimum Gasteiger partial charge on any atom is -0.447 e. The standard InChI is InChI=1S/C12H15NO3S/c1-12(9-5-3-2-4-6-9)16-10(8-17-12)7-15-11(13)14/h2-6,10H,7-8H2,1H3,(H2,13,14)/t10-,12+/m1/s1. The van der Waals surface area contributed by atoms with Gasteiger partial charge >= 0.3 is 6.09 Å². The number of benzene rings is 1. The molecular formula is C12H15NO3S. The van der Waals surface area contributed by atoms with Gasteiger partial charge < -0.3 is 15.2 Å². The third-order valence-electron chi connectivity index (χ3n) is 2.65. The molecule has 92 valence electrons. The molecule has 0 aliphatic carbocycles. The minimum atomic E-state index is -0.757. The number of hydrogen-bond donors (Lipinski definition) is 1. The van der Waals surface area contributed by atoms with Crippen molar-refractivity contribution in [3.05, 3.63) is 35.9 Å². The Morgan fingerprint density at radius 3 is 2.94 bits per heavy atom. The van der Waals surface area contributed by atoms with Crippen LogP contribution in [0.2, 0.25) is 0 Å². The van der Waals surface area contributed by atoms with Gasteiger partial charge in [-0.2, -0.15) is 0 Å². The van der Waals surface area contributed by atoms with Gasteiger partial charge in [0.25, 0.3) is 0 Å². The van der Waals surface area contributed by atoms with Crippen LogP contribution in [0.1, 0.15) is 12.5 Å². The van der Waals surface area contributed by atoms with Crippen LogP contribution in [-0.4, -0.2) is 24.6 Å². The van der Waals surface area contributed by atoms with Gasteiger partial charge in [0.15, 0.2) is 0 Å². The fourth-order valence-corrected chi connectivity index (χ4v) is 2.96. The zero-order valence-electron chi connectivity index (χ0n) is 9.59. The van der Waals surface area contributed by atoms with Crippen LogP contribution in [0.3, 0.4) is 0 Å². The molecule has 1 aromatic carbocycles. The van der Waals surface area contributed by atoms with E-state index >= 15 is 0 Å². The van der Waals surface area contributed by atoms with Crippen LogP contribution in [-0.2, 0) is 14.4 Å². The number of ether oxygens (including phenoxy) is 2. The van der Waals surface area contributed by atoms with E-state index in [-0.39, 0.29) is 17.6 Å². The Labute approximate surface area is 104 Å². The number of amides is 1. The molecule has 1 amide bonds. The van der Waals surface area contributed by atoms with Crippen LogP contribution >= 0.6 is 11.8 Å². The van der Waals surface area contributed by atoms with E-state index in [4.69, 9.17) is 15.2 Å². The molecular weight excluding hydrogens is 238 g/mol. The van der Waals surface area contributed by atoms with Crippen molar-refractivity contribution in [2.24, 2.45) is 5.73 Å². The molecule has 1 aliphatic heterocycles. The average molecular weight is 253 g/mol. The lowest BCUT2D eigenvalue weighted by Gasteiger charge is -2.24. The minimum absolute atomic E-state index is 0.0993. The third kappa shape index (κ3) is 2.92. The van der Waals surface area contributed by atoms with Gasteiger partial charge in [-0.15, -0.1) is 11.8 Å². The van der Waals surface area contributed by atoms with Crippen molar-refractivity contribution in [3.63, 3.8) is 0 Å². The molecule has 0 bridgehead atoms. The van der Waals surface area contributed by atoms with E-state index in [1.807, 2.05) is 37.3 Å². The van der Waals surface area contributed by atoms with Crippen molar-refractivity contribution in [1.82, 2.24) is 0 Å². The van der Waals surface area contributed by atoms with Gasteiger partial charge in [0, 0.05) is 5.75 Å². The lowest BCUT2D eigenvalue weighted by Crippen LogP contribution is -2.26. The molecule has 0 spiro atoms. The Bertz CT molecular complexity index is 398. The number of primary amides is 1. The van der Waals surface area contributed by atoms with Crippen LogP contribution in [0.5, 0.6) is 0 Å². The summed E-state index contributed by atoms with van der Waals surface area (Å²) in [6.07, 6.45) is -0.857. The van der Waals surface area contributed by atoms with E-state index in [9.17, 15) is 4.79 Å². The lowest BCUT2D eigenvalue weighted by atomic mass is 10.1. The number of nitrogens with two attached hydrogens (primary N) is 1. The van der Waals surface area contributed by atoms with E-state index in [0.29, 0.717) is 0 Å². The van der Waals surface area contributed by atoms with Gasteiger partial charge in [-0.3, -0.25) is 0 Å². The normalized spacial score (nSPS) is 27.9. The van der Waals surface area contributed by atoms with Crippen molar-refractivity contribution in [1.29, 1.82) is 0 Å². The van der Waals surface area contributed by atoms with Crippen LogP contribution in [0.25, 0.3) is 0 Å². The second-order valence-corrected chi connectivity index (χ2v) is 5.39. The monoisotopic (exact) mass is 253 g/mol. The highest BCUT2D eigenvalue weighted by Gasteiger charge is 2.38. The molecule has 0 saturated carbocycles. The van der Waals surface area contributed by atoms with Crippen molar-refractivity contribution >= 4 is 17.9 Å². The summed E-state index contributed by atoms with van der Waals surface area (Å²) in [6, 6.07) is 10.0. The zero-order chi connectivity index (χ0) is 12.3. The predicted octanol–water partition coefficient (Wildman–Crippen LogP) is 2.09. The maximum Gasteiger partial charge on any atom is 0.404 e. The number of rotatable bonds is 3. The van der Waals surface area contributed by atoms with Gasteiger partial charge in [0.2, 0.25) is 0 Å². The average Bonchev–Trinajstić information content (AvgIpc) is 2.71. The highest BCUT2D eigenvalue weighted by molar-refractivity contribution is 8.00. The van der Waals surface area contributed by atoms with Gasteiger partial charge in [-0.25, -0.2) is 4.79 Å². The Morgan fingerprint density at radius 1 is 1.59 bits per heavy atom. The summed E-state index contributed by atoms with van der Waals surface area (Å²) in [5.41, 5.74) is 6.04.